The molecule has 0 bridgehead atoms. The summed E-state index contributed by atoms with van der Waals surface area (Å²) >= 11 is 0. The Morgan fingerprint density at radius 2 is 1.76 bits per heavy atom. The van der Waals surface area contributed by atoms with Gasteiger partial charge >= 0.3 is 6.18 Å². The third kappa shape index (κ3) is 5.51. The normalized spacial score (nSPS) is 20.6. The van der Waals surface area contributed by atoms with Crippen molar-refractivity contribution in [2.75, 3.05) is 29.4 Å². The van der Waals surface area contributed by atoms with Gasteiger partial charge in [0.05, 0.1) is 24.9 Å². The first-order valence-corrected chi connectivity index (χ1v) is 11.0. The lowest BCUT2D eigenvalue weighted by Crippen LogP contribution is -2.42. The first-order valence-electron chi connectivity index (χ1n) is 11.0. The number of ketones is 1. The maximum atomic E-state index is 13.5. The lowest BCUT2D eigenvalue weighted by Gasteiger charge is -2.32. The van der Waals surface area contributed by atoms with Gasteiger partial charge in [0.25, 0.3) is 5.92 Å². The summed E-state index contributed by atoms with van der Waals surface area (Å²) in [5, 5.41) is 0. The van der Waals surface area contributed by atoms with E-state index in [2.05, 4.69) is 9.97 Å². The van der Waals surface area contributed by atoms with Gasteiger partial charge in [0.15, 0.2) is 5.69 Å². The number of hydrogen-bond acceptors (Lipinski definition) is 5. The number of halogens is 5. The number of rotatable bonds is 6. The quantitative estimate of drug-likeness (QED) is 0.575. The molecule has 1 aromatic heterocycles. The monoisotopic (exact) mass is 482 g/mol. The molecule has 6 nitrogen and oxygen atoms in total. The molecule has 34 heavy (non-hydrogen) atoms. The van der Waals surface area contributed by atoms with E-state index in [1.54, 1.807) is 34.1 Å². The van der Waals surface area contributed by atoms with Gasteiger partial charge in [-0.3, -0.25) is 14.6 Å². The van der Waals surface area contributed by atoms with Gasteiger partial charge in [-0.25, -0.2) is 13.8 Å². The average Bonchev–Trinajstić information content (AvgIpc) is 3.15. The molecular formula is C23H23F5N4O2. The van der Waals surface area contributed by atoms with Crippen LogP contribution in [0.15, 0.2) is 36.7 Å². The molecule has 1 aromatic carbocycles. The van der Waals surface area contributed by atoms with E-state index in [1.807, 2.05) is 0 Å². The van der Waals surface area contributed by atoms with Gasteiger partial charge in [0.2, 0.25) is 5.91 Å². The zero-order valence-electron chi connectivity index (χ0n) is 18.2. The van der Waals surface area contributed by atoms with Gasteiger partial charge in [-0.1, -0.05) is 0 Å². The minimum atomic E-state index is -4.61. The van der Waals surface area contributed by atoms with Gasteiger partial charge < -0.3 is 9.80 Å². The van der Waals surface area contributed by atoms with Crippen molar-refractivity contribution < 1.29 is 31.5 Å². The number of anilines is 2. The first-order chi connectivity index (χ1) is 16.0. The molecule has 1 atom stereocenters. The topological polar surface area (TPSA) is 66.4 Å². The molecule has 1 amide bonds. The van der Waals surface area contributed by atoms with Crippen molar-refractivity contribution in [1.82, 2.24) is 9.97 Å². The summed E-state index contributed by atoms with van der Waals surface area (Å²) in [6.07, 6.45) is -2.32. The number of alkyl halides is 5. The minimum Gasteiger partial charge on any atom is -0.365 e. The molecule has 2 aromatic rings. The lowest BCUT2D eigenvalue weighted by atomic mass is 9.90. The molecule has 0 aliphatic carbocycles. The fourth-order valence-electron chi connectivity index (χ4n) is 4.34. The lowest BCUT2D eigenvalue weighted by molar-refractivity contribution is -0.141. The molecule has 2 aliphatic rings. The molecule has 0 saturated carbocycles. The van der Waals surface area contributed by atoms with Crippen LogP contribution in [-0.4, -0.2) is 47.2 Å². The van der Waals surface area contributed by atoms with Crippen LogP contribution < -0.4 is 9.80 Å². The van der Waals surface area contributed by atoms with Gasteiger partial charge in [-0.15, -0.1) is 0 Å². The van der Waals surface area contributed by atoms with E-state index in [0.29, 0.717) is 37.0 Å². The molecular weight excluding hydrogens is 459 g/mol. The van der Waals surface area contributed by atoms with E-state index in [9.17, 15) is 31.5 Å². The number of aromatic nitrogens is 2. The summed E-state index contributed by atoms with van der Waals surface area (Å²) in [5.41, 5.74) is 0.271. The first kappa shape index (κ1) is 24.0. The Labute approximate surface area is 192 Å². The predicted octanol–water partition coefficient (Wildman–Crippen LogP) is 4.29. The van der Waals surface area contributed by atoms with Crippen LogP contribution in [0.5, 0.6) is 0 Å². The zero-order chi connectivity index (χ0) is 24.5. The highest BCUT2D eigenvalue weighted by atomic mass is 19.4. The van der Waals surface area contributed by atoms with Crippen LogP contribution in [0.2, 0.25) is 0 Å². The van der Waals surface area contributed by atoms with Crippen LogP contribution >= 0.6 is 0 Å². The van der Waals surface area contributed by atoms with Gasteiger partial charge in [0.1, 0.15) is 5.78 Å². The molecule has 2 saturated heterocycles. The summed E-state index contributed by atoms with van der Waals surface area (Å²) in [4.78, 5) is 35.6. The smallest absolute Gasteiger partial charge is 0.365 e. The highest BCUT2D eigenvalue weighted by molar-refractivity contribution is 5.98. The number of carbonyl (C=O) groups is 2. The van der Waals surface area contributed by atoms with Gasteiger partial charge in [-0.2, -0.15) is 13.2 Å². The SMILES string of the molecule is O=C(Cc1cnc(C(F)(F)F)cn1)C[C@@H]1CCCN(c2ccc(N3CCC(F)(F)C3)cc2)C1=O. The van der Waals surface area contributed by atoms with Crippen LogP contribution in [0.1, 0.15) is 37.1 Å². The van der Waals surface area contributed by atoms with Gasteiger partial charge in [0, 0.05) is 49.4 Å². The van der Waals surface area contributed by atoms with Crippen molar-refractivity contribution in [3.05, 3.63) is 48.0 Å². The molecule has 0 unspecified atom stereocenters. The van der Waals surface area contributed by atoms with Crippen molar-refractivity contribution in [2.45, 2.75) is 44.2 Å². The van der Waals surface area contributed by atoms with Crippen molar-refractivity contribution in [3.8, 4) is 0 Å². The largest absolute Gasteiger partial charge is 0.434 e. The van der Waals surface area contributed by atoms with Crippen LogP contribution in [-0.2, 0) is 22.2 Å². The number of piperidine rings is 1. The molecule has 11 heteroatoms. The Hall–Kier alpha value is -3.11. The number of benzene rings is 1. The Balaban J connectivity index is 1.36. The summed E-state index contributed by atoms with van der Waals surface area (Å²) in [6, 6.07) is 6.85. The second-order valence-electron chi connectivity index (χ2n) is 8.68. The Morgan fingerprint density at radius 1 is 1.06 bits per heavy atom. The zero-order valence-corrected chi connectivity index (χ0v) is 18.2. The number of amides is 1. The predicted molar refractivity (Wildman–Crippen MR) is 114 cm³/mol. The van der Waals surface area contributed by atoms with Crippen molar-refractivity contribution >= 4 is 23.1 Å². The van der Waals surface area contributed by atoms with Crippen LogP contribution in [0.4, 0.5) is 33.3 Å². The highest BCUT2D eigenvalue weighted by Gasteiger charge is 2.38. The summed E-state index contributed by atoms with van der Waals surface area (Å²) in [6.45, 7) is 0.417. The van der Waals surface area contributed by atoms with Crippen LogP contribution in [0, 0.1) is 5.92 Å². The maximum Gasteiger partial charge on any atom is 0.434 e. The second-order valence-corrected chi connectivity index (χ2v) is 8.68. The third-order valence-electron chi connectivity index (χ3n) is 6.09. The molecule has 3 heterocycles. The fraction of sp³-hybridized carbons (Fsp3) is 0.478. The second kappa shape index (κ2) is 9.27. The van der Waals surface area contributed by atoms with E-state index in [1.165, 1.54) is 0 Å². The van der Waals surface area contributed by atoms with Crippen LogP contribution in [0.25, 0.3) is 0 Å². The Morgan fingerprint density at radius 3 is 2.35 bits per heavy atom. The molecule has 4 rings (SSSR count). The van der Waals surface area contributed by atoms with Crippen molar-refractivity contribution in [2.24, 2.45) is 5.92 Å². The average molecular weight is 482 g/mol. The van der Waals surface area contributed by atoms with E-state index >= 15 is 0 Å². The Kier molecular flexibility index (Phi) is 6.55. The Bertz CT molecular complexity index is 1040. The standard InChI is InChI=1S/C23H23F5N4O2/c24-22(25)7-9-31(14-22)17-3-5-18(6-4-17)32-8-1-2-15(21(32)34)10-19(33)11-16-12-30-20(13-29-16)23(26,27)28/h3-6,12-13,15H,1-2,7-11,14H2/t15-/m0/s1. The molecule has 2 fully saturated rings. The summed E-state index contributed by atoms with van der Waals surface area (Å²) in [5.74, 6) is -3.76. The molecule has 0 spiro atoms. The van der Waals surface area contributed by atoms with E-state index in [-0.39, 0.29) is 49.7 Å². The van der Waals surface area contributed by atoms with Gasteiger partial charge in [-0.05, 0) is 37.1 Å². The minimum absolute atomic E-state index is 0.0427. The third-order valence-corrected chi connectivity index (χ3v) is 6.09. The van der Waals surface area contributed by atoms with E-state index in [0.717, 1.165) is 6.20 Å². The van der Waals surface area contributed by atoms with E-state index < -0.39 is 23.7 Å². The maximum absolute atomic E-state index is 13.5. The molecule has 182 valence electrons. The number of carbonyl (C=O) groups excluding carboxylic acids is 2. The van der Waals surface area contributed by atoms with Crippen LogP contribution in [0.3, 0.4) is 0 Å². The number of Topliss-reactive ketones (excluding diaryl/α,β-unsaturated/α-hetero) is 1. The van der Waals surface area contributed by atoms with Crippen molar-refractivity contribution in [1.29, 1.82) is 0 Å². The molecule has 2 aliphatic heterocycles. The summed E-state index contributed by atoms with van der Waals surface area (Å²) in [7, 11) is 0. The van der Waals surface area contributed by atoms with E-state index in [4.69, 9.17) is 0 Å². The summed E-state index contributed by atoms with van der Waals surface area (Å²) < 4.78 is 64.7. The molecule has 0 radical (unpaired) electrons. The van der Waals surface area contributed by atoms with Crippen molar-refractivity contribution in [3.63, 3.8) is 0 Å². The number of nitrogens with zero attached hydrogens (tertiary/aromatic N) is 4. The fourth-order valence-corrected chi connectivity index (χ4v) is 4.34. The number of hydrogen-bond donors (Lipinski definition) is 0. The highest BCUT2D eigenvalue weighted by Crippen LogP contribution is 2.33. The molecule has 0 N–H and O–H groups in total.